The van der Waals surface area contributed by atoms with Crippen LogP contribution in [0.15, 0.2) is 36.4 Å². The molecule has 4 N–H and O–H groups in total. The van der Waals surface area contributed by atoms with Gasteiger partial charge in [0.25, 0.3) is 0 Å². The van der Waals surface area contributed by atoms with Gasteiger partial charge in [-0.05, 0) is 52.5 Å². The molecule has 2 fully saturated rings. The van der Waals surface area contributed by atoms with Gasteiger partial charge in [0, 0.05) is 12.3 Å². The molecule has 192 valence electrons. The number of Topliss-reactive ketones (excluding diaryl/α,β-unsaturated/α-hetero) is 4. The molecule has 0 heterocycles. The van der Waals surface area contributed by atoms with Crippen LogP contribution in [0.25, 0.3) is 11.1 Å². The lowest BCUT2D eigenvalue weighted by Crippen LogP contribution is -2.68. The number of carbonyl (C=O) groups is 5. The smallest absolute Gasteiger partial charge is 0.235 e. The van der Waals surface area contributed by atoms with E-state index in [9.17, 15) is 34.2 Å². The minimum Gasteiger partial charge on any atom is -0.507 e. The lowest BCUT2D eigenvalue weighted by Gasteiger charge is -2.48. The SMILES string of the molecule is CC(C)(C)c1ccc(-c2ccc(O)c3c2C[C@H]2C[C@H]4CC(=O)C(C(N)=O)C(=O)[C@@]4(O)C(=O)C2C3=O)cc1. The molecule has 0 radical (unpaired) electrons. The Labute approximate surface area is 213 Å². The van der Waals surface area contributed by atoms with Gasteiger partial charge in [-0.2, -0.15) is 0 Å². The second-order valence-corrected chi connectivity index (χ2v) is 11.6. The first kappa shape index (κ1) is 25.0. The molecule has 0 saturated heterocycles. The summed E-state index contributed by atoms with van der Waals surface area (Å²) in [5, 5.41) is 21.9. The fourth-order valence-electron chi connectivity index (χ4n) is 6.39. The number of carbonyl (C=O) groups excluding carboxylic acids is 5. The molecule has 3 aliphatic carbocycles. The minimum atomic E-state index is -2.64. The van der Waals surface area contributed by atoms with Gasteiger partial charge < -0.3 is 15.9 Å². The zero-order valence-corrected chi connectivity index (χ0v) is 20.9. The zero-order chi connectivity index (χ0) is 27.0. The summed E-state index contributed by atoms with van der Waals surface area (Å²) in [7, 11) is 0. The maximum absolute atomic E-state index is 13.7. The van der Waals surface area contributed by atoms with Crippen molar-refractivity contribution in [1.82, 2.24) is 0 Å². The van der Waals surface area contributed by atoms with Crippen LogP contribution in [0.3, 0.4) is 0 Å². The Morgan fingerprint density at radius 3 is 2.22 bits per heavy atom. The van der Waals surface area contributed by atoms with Gasteiger partial charge in [0.2, 0.25) is 5.91 Å². The standard InChI is InChI=1S/C29H29NO7/c1-28(2,3)15-6-4-13(5-7-15)17-8-9-19(31)22-18(17)11-14-10-16-12-20(32)23(27(30)36)26(35)29(16,37)25(34)21(14)24(22)33/h4-9,14,16,21,23,31,37H,10-12H2,1-3H3,(H2,30,36)/t14-,16+,21?,23?,29+/m1/s1. The summed E-state index contributed by atoms with van der Waals surface area (Å²) in [6.45, 7) is 6.32. The third-order valence-electron chi connectivity index (χ3n) is 8.35. The van der Waals surface area contributed by atoms with Gasteiger partial charge in [-0.15, -0.1) is 0 Å². The molecule has 8 heteroatoms. The predicted molar refractivity (Wildman–Crippen MR) is 133 cm³/mol. The molecule has 5 atom stereocenters. The van der Waals surface area contributed by atoms with Gasteiger partial charge in [-0.1, -0.05) is 51.1 Å². The third-order valence-corrected chi connectivity index (χ3v) is 8.35. The monoisotopic (exact) mass is 503 g/mol. The van der Waals surface area contributed by atoms with Crippen LogP contribution in [0, 0.1) is 23.7 Å². The number of phenolic OH excluding ortho intramolecular Hbond substituents is 1. The van der Waals surface area contributed by atoms with E-state index in [0.717, 1.165) is 16.7 Å². The van der Waals surface area contributed by atoms with Crippen LogP contribution >= 0.6 is 0 Å². The fourth-order valence-corrected chi connectivity index (χ4v) is 6.39. The van der Waals surface area contributed by atoms with Crippen molar-refractivity contribution >= 4 is 29.0 Å². The van der Waals surface area contributed by atoms with Gasteiger partial charge >= 0.3 is 0 Å². The first-order valence-corrected chi connectivity index (χ1v) is 12.4. The first-order chi connectivity index (χ1) is 17.3. The number of aliphatic hydroxyl groups is 1. The molecule has 2 saturated carbocycles. The van der Waals surface area contributed by atoms with Crippen LogP contribution in [0.1, 0.15) is 55.1 Å². The van der Waals surface area contributed by atoms with E-state index in [-0.39, 0.29) is 36.0 Å². The van der Waals surface area contributed by atoms with E-state index < -0.39 is 58.3 Å². The van der Waals surface area contributed by atoms with Gasteiger partial charge in [0.05, 0.1) is 11.5 Å². The average molecular weight is 504 g/mol. The Kier molecular flexibility index (Phi) is 5.53. The summed E-state index contributed by atoms with van der Waals surface area (Å²) in [6, 6.07) is 11.1. The second-order valence-electron chi connectivity index (χ2n) is 11.6. The van der Waals surface area contributed by atoms with Crippen molar-refractivity contribution in [3.63, 3.8) is 0 Å². The van der Waals surface area contributed by atoms with Crippen LogP contribution in [-0.4, -0.2) is 44.9 Å². The Hall–Kier alpha value is -3.65. The van der Waals surface area contributed by atoms with Crippen molar-refractivity contribution in [2.45, 2.75) is 51.0 Å². The predicted octanol–water partition coefficient (Wildman–Crippen LogP) is 2.29. The highest BCUT2D eigenvalue weighted by Gasteiger charge is 2.66. The number of fused-ring (bicyclic) bond motifs is 3. The zero-order valence-electron chi connectivity index (χ0n) is 20.9. The van der Waals surface area contributed by atoms with Crippen molar-refractivity contribution in [3.05, 3.63) is 53.1 Å². The fraction of sp³-hybridized carbons (Fsp3) is 0.414. The largest absolute Gasteiger partial charge is 0.507 e. The minimum absolute atomic E-state index is 0.000154. The number of amides is 1. The topological polar surface area (TPSA) is 152 Å². The van der Waals surface area contributed by atoms with E-state index in [1.54, 1.807) is 6.07 Å². The van der Waals surface area contributed by atoms with Crippen molar-refractivity contribution in [2.75, 3.05) is 0 Å². The number of aromatic hydroxyl groups is 1. The molecule has 0 aliphatic heterocycles. The lowest BCUT2D eigenvalue weighted by molar-refractivity contribution is -0.175. The Morgan fingerprint density at radius 2 is 1.62 bits per heavy atom. The highest BCUT2D eigenvalue weighted by Crippen LogP contribution is 2.51. The van der Waals surface area contributed by atoms with E-state index >= 15 is 0 Å². The maximum Gasteiger partial charge on any atom is 0.235 e. The lowest BCUT2D eigenvalue weighted by atomic mass is 9.53. The number of phenols is 1. The molecule has 2 unspecified atom stereocenters. The van der Waals surface area contributed by atoms with Crippen LogP contribution in [0.4, 0.5) is 0 Å². The van der Waals surface area contributed by atoms with Crippen LogP contribution in [-0.2, 0) is 31.0 Å². The number of hydrogen-bond acceptors (Lipinski definition) is 7. The second kappa shape index (κ2) is 8.18. The molecule has 0 aromatic heterocycles. The first-order valence-electron chi connectivity index (χ1n) is 12.4. The normalized spacial score (nSPS) is 29.4. The Morgan fingerprint density at radius 1 is 0.973 bits per heavy atom. The van der Waals surface area contributed by atoms with E-state index in [4.69, 9.17) is 5.73 Å². The summed E-state index contributed by atoms with van der Waals surface area (Å²) in [4.78, 5) is 64.6. The van der Waals surface area contributed by atoms with Gasteiger partial charge in [-0.25, -0.2) is 0 Å². The Balaban J connectivity index is 1.58. The number of benzene rings is 2. The highest BCUT2D eigenvalue weighted by atomic mass is 16.3. The van der Waals surface area contributed by atoms with Crippen molar-refractivity contribution in [2.24, 2.45) is 29.4 Å². The quantitative estimate of drug-likeness (QED) is 0.532. The molecule has 37 heavy (non-hydrogen) atoms. The summed E-state index contributed by atoms with van der Waals surface area (Å²) in [5.74, 6) is -10.1. The van der Waals surface area contributed by atoms with Gasteiger partial charge in [0.15, 0.2) is 34.7 Å². The molecule has 2 aromatic rings. The number of hydrogen-bond donors (Lipinski definition) is 3. The molecule has 2 aromatic carbocycles. The molecule has 5 rings (SSSR count). The Bertz CT molecular complexity index is 1380. The number of nitrogens with two attached hydrogens (primary N) is 1. The molecular formula is C29H29NO7. The molecule has 3 aliphatic rings. The van der Waals surface area contributed by atoms with Gasteiger partial charge in [-0.3, -0.25) is 24.0 Å². The van der Waals surface area contributed by atoms with E-state index in [0.29, 0.717) is 5.56 Å². The molecule has 8 nitrogen and oxygen atoms in total. The van der Waals surface area contributed by atoms with Crippen LogP contribution < -0.4 is 5.73 Å². The van der Waals surface area contributed by atoms with Crippen molar-refractivity contribution < 1.29 is 34.2 Å². The van der Waals surface area contributed by atoms with E-state index in [1.807, 2.05) is 24.3 Å². The van der Waals surface area contributed by atoms with Gasteiger partial charge in [0.1, 0.15) is 5.75 Å². The third kappa shape index (κ3) is 3.57. The van der Waals surface area contributed by atoms with Crippen molar-refractivity contribution in [3.8, 4) is 16.9 Å². The van der Waals surface area contributed by atoms with Crippen LogP contribution in [0.5, 0.6) is 5.75 Å². The molecule has 0 bridgehead atoms. The van der Waals surface area contributed by atoms with E-state index in [2.05, 4.69) is 20.8 Å². The summed E-state index contributed by atoms with van der Waals surface area (Å²) in [6.07, 6.45) is -0.0391. The average Bonchev–Trinajstić information content (AvgIpc) is 2.81. The highest BCUT2D eigenvalue weighted by molar-refractivity contribution is 6.31. The molecular weight excluding hydrogens is 474 g/mol. The number of primary amides is 1. The maximum atomic E-state index is 13.7. The van der Waals surface area contributed by atoms with Crippen molar-refractivity contribution in [1.29, 1.82) is 0 Å². The van der Waals surface area contributed by atoms with E-state index in [1.165, 1.54) is 6.07 Å². The molecule has 0 spiro atoms. The number of rotatable bonds is 2. The van der Waals surface area contributed by atoms with Crippen LogP contribution in [0.2, 0.25) is 0 Å². The summed E-state index contributed by atoms with van der Waals surface area (Å²) in [5.41, 5.74) is 5.86. The number of ketones is 4. The molecule has 1 amide bonds. The summed E-state index contributed by atoms with van der Waals surface area (Å²) >= 11 is 0. The summed E-state index contributed by atoms with van der Waals surface area (Å²) < 4.78 is 0.